The highest BCUT2D eigenvalue weighted by atomic mass is 15.0. The molecule has 0 unspecified atom stereocenters. The van der Waals surface area contributed by atoms with Gasteiger partial charge in [0.1, 0.15) is 11.6 Å². The predicted octanol–water partition coefficient (Wildman–Crippen LogP) is 3.67. The summed E-state index contributed by atoms with van der Waals surface area (Å²) in [5, 5.41) is 3.39. The number of rotatable bonds is 2. The molecule has 0 atom stereocenters. The molecule has 3 heteroatoms. The van der Waals surface area contributed by atoms with E-state index in [-0.39, 0.29) is 5.41 Å². The van der Waals surface area contributed by atoms with Crippen molar-refractivity contribution in [2.75, 3.05) is 5.32 Å². The molecule has 18 heavy (non-hydrogen) atoms. The number of hydrogen-bond donors (Lipinski definition) is 1. The van der Waals surface area contributed by atoms with Crippen LogP contribution in [-0.4, -0.2) is 16.0 Å². The van der Waals surface area contributed by atoms with Crippen LogP contribution in [0, 0.1) is 12.3 Å². The molecule has 1 aromatic heterocycles. The summed E-state index contributed by atoms with van der Waals surface area (Å²) in [4.78, 5) is 9.03. The Bertz CT molecular complexity index is 511. The summed E-state index contributed by atoms with van der Waals surface area (Å²) < 4.78 is 0. The van der Waals surface area contributed by atoms with Gasteiger partial charge in [0.2, 0.25) is 0 Å². The van der Waals surface area contributed by atoms with Crippen molar-refractivity contribution in [2.24, 2.45) is 5.41 Å². The number of aryl methyl sites for hydroxylation is 1. The summed E-state index contributed by atoms with van der Waals surface area (Å²) >= 11 is 0. The molecule has 0 bridgehead atoms. The fraction of sp³-hybridized carbons (Fsp3) is 0.467. The number of anilines is 1. The minimum atomic E-state index is 0.0592. The number of nitrogens with zero attached hydrogens (tertiary/aromatic N) is 2. The first-order valence-corrected chi connectivity index (χ1v) is 6.41. The van der Waals surface area contributed by atoms with Crippen molar-refractivity contribution in [3.8, 4) is 0 Å². The van der Waals surface area contributed by atoms with Crippen LogP contribution < -0.4 is 5.32 Å². The molecule has 2 rings (SSSR count). The SMILES string of the molecule is Cc1nc2c(c(NC(C)C)n1)C=CC(C)(C)C=C2. The van der Waals surface area contributed by atoms with Gasteiger partial charge in [-0.1, -0.05) is 32.1 Å². The van der Waals surface area contributed by atoms with Crippen LogP contribution in [-0.2, 0) is 0 Å². The highest BCUT2D eigenvalue weighted by Gasteiger charge is 2.16. The Morgan fingerprint density at radius 1 is 1.11 bits per heavy atom. The topological polar surface area (TPSA) is 37.8 Å². The Balaban J connectivity index is 2.54. The Kier molecular flexibility index (Phi) is 3.24. The third kappa shape index (κ3) is 2.78. The minimum absolute atomic E-state index is 0.0592. The molecule has 1 heterocycles. The lowest BCUT2D eigenvalue weighted by atomic mass is 9.93. The Labute approximate surface area is 109 Å². The van der Waals surface area contributed by atoms with Crippen LogP contribution in [0.3, 0.4) is 0 Å². The maximum absolute atomic E-state index is 4.52. The molecule has 96 valence electrons. The van der Waals surface area contributed by atoms with Crippen molar-refractivity contribution < 1.29 is 0 Å². The Morgan fingerprint density at radius 2 is 1.78 bits per heavy atom. The first-order valence-electron chi connectivity index (χ1n) is 6.41. The van der Waals surface area contributed by atoms with E-state index in [9.17, 15) is 0 Å². The van der Waals surface area contributed by atoms with Gasteiger partial charge >= 0.3 is 0 Å². The smallest absolute Gasteiger partial charge is 0.137 e. The van der Waals surface area contributed by atoms with E-state index in [1.165, 1.54) is 0 Å². The molecule has 0 aromatic carbocycles. The van der Waals surface area contributed by atoms with E-state index in [4.69, 9.17) is 0 Å². The van der Waals surface area contributed by atoms with Crippen LogP contribution in [0.1, 0.15) is 44.8 Å². The van der Waals surface area contributed by atoms with E-state index >= 15 is 0 Å². The van der Waals surface area contributed by atoms with E-state index in [2.05, 4.69) is 67.3 Å². The zero-order valence-corrected chi connectivity index (χ0v) is 11.8. The predicted molar refractivity (Wildman–Crippen MR) is 77.4 cm³/mol. The molecule has 0 aliphatic heterocycles. The molecule has 0 spiro atoms. The molecule has 0 amide bonds. The van der Waals surface area contributed by atoms with Crippen LogP contribution >= 0.6 is 0 Å². The van der Waals surface area contributed by atoms with Crippen molar-refractivity contribution >= 4 is 18.0 Å². The molecule has 0 saturated heterocycles. The molecule has 1 aliphatic carbocycles. The monoisotopic (exact) mass is 243 g/mol. The summed E-state index contributed by atoms with van der Waals surface area (Å²) in [5.74, 6) is 1.72. The Morgan fingerprint density at radius 3 is 2.44 bits per heavy atom. The first kappa shape index (κ1) is 12.8. The fourth-order valence-corrected chi connectivity index (χ4v) is 1.93. The van der Waals surface area contributed by atoms with Gasteiger partial charge in [-0.05, 0) is 26.8 Å². The zero-order valence-electron chi connectivity index (χ0n) is 11.8. The van der Waals surface area contributed by atoms with E-state index in [0.29, 0.717) is 6.04 Å². The number of allylic oxidation sites excluding steroid dienone is 2. The molecular formula is C15H21N3. The third-order valence-corrected chi connectivity index (χ3v) is 2.86. The van der Waals surface area contributed by atoms with E-state index in [1.54, 1.807) is 0 Å². The number of nitrogens with one attached hydrogen (secondary N) is 1. The van der Waals surface area contributed by atoms with Gasteiger partial charge in [-0.15, -0.1) is 0 Å². The molecule has 1 aromatic rings. The van der Waals surface area contributed by atoms with E-state index < -0.39 is 0 Å². The van der Waals surface area contributed by atoms with Crippen LogP contribution in [0.25, 0.3) is 12.2 Å². The Hall–Kier alpha value is -1.64. The zero-order chi connectivity index (χ0) is 13.3. The molecule has 3 nitrogen and oxygen atoms in total. The number of aromatic nitrogens is 2. The third-order valence-electron chi connectivity index (χ3n) is 2.86. The second-order valence-corrected chi connectivity index (χ2v) is 5.71. The van der Waals surface area contributed by atoms with Gasteiger partial charge in [-0.25, -0.2) is 9.97 Å². The molecule has 0 saturated carbocycles. The average molecular weight is 243 g/mol. The van der Waals surface area contributed by atoms with Gasteiger partial charge < -0.3 is 5.32 Å². The molecule has 0 fully saturated rings. The van der Waals surface area contributed by atoms with Crippen molar-refractivity contribution in [3.63, 3.8) is 0 Å². The van der Waals surface area contributed by atoms with Crippen molar-refractivity contribution in [1.29, 1.82) is 0 Å². The fourth-order valence-electron chi connectivity index (χ4n) is 1.93. The number of fused-ring (bicyclic) bond motifs is 1. The lowest BCUT2D eigenvalue weighted by Crippen LogP contribution is -2.14. The van der Waals surface area contributed by atoms with Crippen LogP contribution in [0.5, 0.6) is 0 Å². The molecular weight excluding hydrogens is 222 g/mol. The van der Waals surface area contributed by atoms with Gasteiger partial charge in [0.25, 0.3) is 0 Å². The normalized spacial score (nSPS) is 16.6. The average Bonchev–Trinajstić information content (AvgIpc) is 2.37. The molecule has 1 N–H and O–H groups in total. The van der Waals surface area contributed by atoms with Crippen molar-refractivity contribution in [3.05, 3.63) is 29.2 Å². The first-order chi connectivity index (χ1) is 8.37. The summed E-state index contributed by atoms with van der Waals surface area (Å²) in [6.07, 6.45) is 8.59. The van der Waals surface area contributed by atoms with Crippen LogP contribution in [0.15, 0.2) is 12.2 Å². The van der Waals surface area contributed by atoms with Gasteiger partial charge in [0.15, 0.2) is 0 Å². The van der Waals surface area contributed by atoms with Crippen molar-refractivity contribution in [1.82, 2.24) is 9.97 Å². The largest absolute Gasteiger partial charge is 0.367 e. The van der Waals surface area contributed by atoms with Gasteiger partial charge in [0.05, 0.1) is 5.69 Å². The summed E-state index contributed by atoms with van der Waals surface area (Å²) in [6.45, 7) is 10.5. The van der Waals surface area contributed by atoms with Gasteiger partial charge in [-0.3, -0.25) is 0 Å². The summed E-state index contributed by atoms with van der Waals surface area (Å²) in [5.41, 5.74) is 2.13. The molecule has 0 radical (unpaired) electrons. The quantitative estimate of drug-likeness (QED) is 0.861. The minimum Gasteiger partial charge on any atom is -0.367 e. The van der Waals surface area contributed by atoms with Gasteiger partial charge in [-0.2, -0.15) is 0 Å². The van der Waals surface area contributed by atoms with Crippen molar-refractivity contribution in [2.45, 2.75) is 40.7 Å². The highest BCUT2D eigenvalue weighted by molar-refractivity contribution is 5.74. The second kappa shape index (κ2) is 4.56. The summed E-state index contributed by atoms with van der Waals surface area (Å²) in [7, 11) is 0. The van der Waals surface area contributed by atoms with Crippen LogP contribution in [0.4, 0.5) is 5.82 Å². The van der Waals surface area contributed by atoms with E-state index in [0.717, 1.165) is 22.9 Å². The maximum Gasteiger partial charge on any atom is 0.137 e. The van der Waals surface area contributed by atoms with Gasteiger partial charge in [0, 0.05) is 17.0 Å². The molecule has 1 aliphatic rings. The summed E-state index contributed by atoms with van der Waals surface area (Å²) in [6, 6.07) is 0.358. The van der Waals surface area contributed by atoms with Crippen LogP contribution in [0.2, 0.25) is 0 Å². The second-order valence-electron chi connectivity index (χ2n) is 5.71. The standard InChI is InChI=1S/C15H21N3/c1-10(2)16-14-12-6-8-15(4,5)9-7-13(12)17-11(3)18-14/h6-10H,1-5H3,(H,16,17,18). The number of hydrogen-bond acceptors (Lipinski definition) is 3. The lowest BCUT2D eigenvalue weighted by molar-refractivity contribution is 0.633. The van der Waals surface area contributed by atoms with E-state index in [1.807, 2.05) is 6.92 Å². The lowest BCUT2D eigenvalue weighted by Gasteiger charge is -2.14. The maximum atomic E-state index is 4.52. The highest BCUT2D eigenvalue weighted by Crippen LogP contribution is 2.29.